The summed E-state index contributed by atoms with van der Waals surface area (Å²) in [5.74, 6) is -0.0279. The summed E-state index contributed by atoms with van der Waals surface area (Å²) in [4.78, 5) is 25.7. The molecule has 5 rings (SSSR count). The zero-order valence-corrected chi connectivity index (χ0v) is 19.2. The van der Waals surface area contributed by atoms with Gasteiger partial charge in [0, 0.05) is 6.04 Å². The van der Waals surface area contributed by atoms with E-state index in [0.717, 1.165) is 25.7 Å². The first-order valence-electron chi connectivity index (χ1n) is 11.7. The number of carbonyl (C=O) groups excluding carboxylic acids is 1. The standard InChI is InChI=1S/C21H28N8O6/c1-2-34-20(33)12-8-29(27-26-12)21-24-17(23-11-6-4-3-5-7-11)14-18(25-21)28(10-22-14)19-16(32)15(31)13(9-30)35-19/h8,10-11,13,15-16,19,30-32H,2-7,9H2,1H3,(H,23,24,25)/t13-,15-,16-,19?/m1/s1. The summed E-state index contributed by atoms with van der Waals surface area (Å²) in [5.41, 5.74) is 0.772. The van der Waals surface area contributed by atoms with E-state index in [4.69, 9.17) is 9.47 Å². The van der Waals surface area contributed by atoms with Gasteiger partial charge in [0.2, 0.25) is 0 Å². The van der Waals surface area contributed by atoms with Gasteiger partial charge >= 0.3 is 5.97 Å². The van der Waals surface area contributed by atoms with Gasteiger partial charge in [-0.2, -0.15) is 14.6 Å². The summed E-state index contributed by atoms with van der Waals surface area (Å²) < 4.78 is 13.4. The van der Waals surface area contributed by atoms with E-state index in [-0.39, 0.29) is 24.3 Å². The molecule has 14 heteroatoms. The Bertz CT molecular complexity index is 1190. The number of aliphatic hydroxyl groups excluding tert-OH is 3. The molecule has 35 heavy (non-hydrogen) atoms. The van der Waals surface area contributed by atoms with Gasteiger partial charge in [-0.25, -0.2) is 9.78 Å². The summed E-state index contributed by atoms with van der Waals surface area (Å²) in [6, 6.07) is 0.208. The van der Waals surface area contributed by atoms with Gasteiger partial charge in [-0.05, 0) is 19.8 Å². The van der Waals surface area contributed by atoms with E-state index in [2.05, 4.69) is 30.6 Å². The molecule has 1 unspecified atom stereocenters. The van der Waals surface area contributed by atoms with Crippen LogP contribution in [0.1, 0.15) is 55.7 Å². The Morgan fingerprint density at radius 2 is 2.03 bits per heavy atom. The number of aliphatic hydroxyl groups is 3. The average Bonchev–Trinajstić information content (AvgIpc) is 3.58. The van der Waals surface area contributed by atoms with Crippen molar-refractivity contribution >= 4 is 23.0 Å². The van der Waals surface area contributed by atoms with E-state index in [9.17, 15) is 20.1 Å². The molecule has 4 heterocycles. The second kappa shape index (κ2) is 9.81. The second-order valence-electron chi connectivity index (χ2n) is 8.67. The highest BCUT2D eigenvalue weighted by Crippen LogP contribution is 2.33. The van der Waals surface area contributed by atoms with Crippen molar-refractivity contribution in [2.45, 2.75) is 69.6 Å². The average molecular weight is 489 g/mol. The Kier molecular flexibility index (Phi) is 6.60. The number of rotatable bonds is 7. The molecule has 4 N–H and O–H groups in total. The number of esters is 1. The van der Waals surface area contributed by atoms with Crippen LogP contribution in [0.25, 0.3) is 17.1 Å². The molecular formula is C21H28N8O6. The molecule has 2 aliphatic rings. The van der Waals surface area contributed by atoms with Gasteiger partial charge in [0.1, 0.15) is 18.3 Å². The molecule has 0 bridgehead atoms. The monoisotopic (exact) mass is 488 g/mol. The van der Waals surface area contributed by atoms with Gasteiger partial charge in [0.05, 0.1) is 25.7 Å². The molecule has 0 radical (unpaired) electrons. The van der Waals surface area contributed by atoms with E-state index in [1.54, 1.807) is 6.92 Å². The Labute approximate surface area is 199 Å². The highest BCUT2D eigenvalue weighted by Gasteiger charge is 2.44. The van der Waals surface area contributed by atoms with Crippen LogP contribution in [0.2, 0.25) is 0 Å². The number of aromatic nitrogens is 7. The number of carbonyl (C=O) groups is 1. The molecule has 3 aromatic rings. The van der Waals surface area contributed by atoms with Crippen LogP contribution in [0.5, 0.6) is 0 Å². The Hall–Kier alpha value is -3.20. The molecule has 1 saturated carbocycles. The number of anilines is 1. The maximum atomic E-state index is 12.1. The number of nitrogens with one attached hydrogen (secondary N) is 1. The molecule has 1 aliphatic carbocycles. The van der Waals surface area contributed by atoms with Gasteiger partial charge in [-0.15, -0.1) is 5.10 Å². The normalized spacial score (nSPS) is 25.3. The number of hydrogen-bond donors (Lipinski definition) is 4. The highest BCUT2D eigenvalue weighted by molar-refractivity contribution is 5.87. The molecule has 14 nitrogen and oxygen atoms in total. The largest absolute Gasteiger partial charge is 0.461 e. The molecule has 1 aliphatic heterocycles. The molecule has 0 amide bonds. The Morgan fingerprint density at radius 1 is 1.23 bits per heavy atom. The fraction of sp³-hybridized carbons (Fsp3) is 0.619. The van der Waals surface area contributed by atoms with Crippen LogP contribution in [0, 0.1) is 0 Å². The summed E-state index contributed by atoms with van der Waals surface area (Å²) >= 11 is 0. The fourth-order valence-electron chi connectivity index (χ4n) is 4.50. The van der Waals surface area contributed by atoms with E-state index < -0.39 is 37.1 Å². The van der Waals surface area contributed by atoms with Crippen molar-refractivity contribution in [3.8, 4) is 5.95 Å². The lowest BCUT2D eigenvalue weighted by Gasteiger charge is -2.23. The number of ether oxygens (including phenoxy) is 2. The van der Waals surface area contributed by atoms with Gasteiger partial charge in [-0.3, -0.25) is 4.57 Å². The lowest BCUT2D eigenvalue weighted by molar-refractivity contribution is -0.0511. The van der Waals surface area contributed by atoms with E-state index in [1.165, 1.54) is 28.2 Å². The molecular weight excluding hydrogens is 460 g/mol. The third kappa shape index (κ3) is 4.45. The maximum absolute atomic E-state index is 12.1. The first-order chi connectivity index (χ1) is 17.0. The van der Waals surface area contributed by atoms with Gasteiger partial charge in [0.15, 0.2) is 28.9 Å². The van der Waals surface area contributed by atoms with E-state index >= 15 is 0 Å². The van der Waals surface area contributed by atoms with Crippen molar-refractivity contribution in [1.82, 2.24) is 34.5 Å². The van der Waals surface area contributed by atoms with Crippen molar-refractivity contribution in [2.75, 3.05) is 18.5 Å². The van der Waals surface area contributed by atoms with Crippen LogP contribution < -0.4 is 5.32 Å². The van der Waals surface area contributed by atoms with Crippen LogP contribution in [0.15, 0.2) is 12.5 Å². The second-order valence-corrected chi connectivity index (χ2v) is 8.67. The summed E-state index contributed by atoms with van der Waals surface area (Å²) in [6.07, 6.45) is 3.67. The molecule has 0 aromatic carbocycles. The van der Waals surface area contributed by atoms with Crippen LogP contribution in [0.4, 0.5) is 5.82 Å². The number of imidazole rings is 1. The van der Waals surface area contributed by atoms with Crippen LogP contribution >= 0.6 is 0 Å². The van der Waals surface area contributed by atoms with Crippen molar-refractivity contribution in [2.24, 2.45) is 0 Å². The van der Waals surface area contributed by atoms with Gasteiger partial charge in [-0.1, -0.05) is 24.5 Å². The smallest absolute Gasteiger partial charge is 0.360 e. The molecule has 1 saturated heterocycles. The van der Waals surface area contributed by atoms with Gasteiger partial charge < -0.3 is 30.1 Å². The highest BCUT2D eigenvalue weighted by atomic mass is 16.6. The molecule has 4 atom stereocenters. The lowest BCUT2D eigenvalue weighted by atomic mass is 9.95. The summed E-state index contributed by atoms with van der Waals surface area (Å²) in [5, 5.41) is 41.5. The van der Waals surface area contributed by atoms with Gasteiger partial charge in [0.25, 0.3) is 5.95 Å². The zero-order chi connectivity index (χ0) is 24.5. The van der Waals surface area contributed by atoms with Crippen LogP contribution in [0.3, 0.4) is 0 Å². The van der Waals surface area contributed by atoms with Crippen molar-refractivity contribution in [3.63, 3.8) is 0 Å². The number of hydrogen-bond acceptors (Lipinski definition) is 12. The molecule has 2 fully saturated rings. The number of fused-ring (bicyclic) bond motifs is 1. The fourth-order valence-corrected chi connectivity index (χ4v) is 4.50. The molecule has 188 valence electrons. The maximum Gasteiger partial charge on any atom is 0.360 e. The van der Waals surface area contributed by atoms with Crippen LogP contribution in [-0.4, -0.2) is 93.4 Å². The van der Waals surface area contributed by atoms with E-state index in [0.29, 0.717) is 17.0 Å². The van der Waals surface area contributed by atoms with Crippen molar-refractivity contribution < 1.29 is 29.6 Å². The van der Waals surface area contributed by atoms with Crippen molar-refractivity contribution in [1.29, 1.82) is 0 Å². The Morgan fingerprint density at radius 3 is 2.74 bits per heavy atom. The molecule has 3 aromatic heterocycles. The summed E-state index contributed by atoms with van der Waals surface area (Å²) in [6.45, 7) is 1.44. The van der Waals surface area contributed by atoms with Crippen LogP contribution in [-0.2, 0) is 9.47 Å². The van der Waals surface area contributed by atoms with Crippen molar-refractivity contribution in [3.05, 3.63) is 18.2 Å². The minimum atomic E-state index is -1.31. The summed E-state index contributed by atoms with van der Waals surface area (Å²) in [7, 11) is 0. The predicted molar refractivity (Wildman–Crippen MR) is 120 cm³/mol. The molecule has 0 spiro atoms. The topological polar surface area (TPSA) is 183 Å². The SMILES string of the molecule is CCOC(=O)c1cn(-c2nc(NC3CCCCC3)c3ncn(C4O[C@H](CO)[C@@H](O)[C@H]4O)c3n2)nn1. The Balaban J connectivity index is 1.57. The number of nitrogens with zero attached hydrogens (tertiary/aromatic N) is 7. The first-order valence-corrected chi connectivity index (χ1v) is 11.7. The quantitative estimate of drug-likeness (QED) is 0.326. The predicted octanol–water partition coefficient (Wildman–Crippen LogP) is -0.0602. The zero-order valence-electron chi connectivity index (χ0n) is 19.2. The third-order valence-electron chi connectivity index (χ3n) is 6.33. The third-order valence-corrected chi connectivity index (χ3v) is 6.33. The first kappa shape index (κ1) is 23.5. The minimum Gasteiger partial charge on any atom is -0.461 e. The van der Waals surface area contributed by atoms with E-state index in [1.807, 2.05) is 0 Å². The lowest BCUT2D eigenvalue weighted by Crippen LogP contribution is -2.33. The minimum absolute atomic E-state index is 0.00861.